The molecule has 2 atom stereocenters. The van der Waals surface area contributed by atoms with Gasteiger partial charge >= 0.3 is 5.97 Å². The summed E-state index contributed by atoms with van der Waals surface area (Å²) in [4.78, 5) is 10.6. The Labute approximate surface area is 94.7 Å². The van der Waals surface area contributed by atoms with Gasteiger partial charge in [0.25, 0.3) is 0 Å². The van der Waals surface area contributed by atoms with Crippen LogP contribution in [0.15, 0.2) is 24.3 Å². The van der Waals surface area contributed by atoms with Crippen molar-refractivity contribution < 1.29 is 15.0 Å². The van der Waals surface area contributed by atoms with Crippen LogP contribution in [-0.4, -0.2) is 22.3 Å². The van der Waals surface area contributed by atoms with Gasteiger partial charge in [0.15, 0.2) is 6.10 Å². The largest absolute Gasteiger partial charge is 0.479 e. The number of rotatable bonds is 3. The molecule has 1 aliphatic carbocycles. The third-order valence-corrected chi connectivity index (χ3v) is 3.29. The number of aliphatic hydroxyl groups excluding tert-OH is 1. The van der Waals surface area contributed by atoms with E-state index in [-0.39, 0.29) is 5.92 Å². The molecular weight excluding hydrogens is 204 g/mol. The zero-order valence-corrected chi connectivity index (χ0v) is 9.10. The molecular formula is C13H16O3. The predicted octanol–water partition coefficient (Wildman–Crippen LogP) is 1.94. The zero-order valence-electron chi connectivity index (χ0n) is 9.10. The number of carboxylic acids is 1. The Morgan fingerprint density at radius 1 is 1.44 bits per heavy atom. The number of aliphatic carboxylic acids is 1. The van der Waals surface area contributed by atoms with Crippen LogP contribution < -0.4 is 0 Å². The van der Waals surface area contributed by atoms with E-state index in [0.717, 1.165) is 19.3 Å². The van der Waals surface area contributed by atoms with Crippen molar-refractivity contribution in [3.05, 3.63) is 35.4 Å². The lowest BCUT2D eigenvalue weighted by atomic mass is 9.80. The number of benzene rings is 1. The first-order chi connectivity index (χ1) is 7.68. The highest BCUT2D eigenvalue weighted by Crippen LogP contribution is 2.34. The fourth-order valence-corrected chi connectivity index (χ4v) is 2.47. The maximum absolute atomic E-state index is 10.6. The second-order valence-corrected chi connectivity index (χ2v) is 4.38. The van der Waals surface area contributed by atoms with Crippen LogP contribution in [0, 0.1) is 0 Å². The van der Waals surface area contributed by atoms with Crippen molar-refractivity contribution >= 4 is 5.97 Å². The van der Waals surface area contributed by atoms with Gasteiger partial charge in [0.2, 0.25) is 0 Å². The van der Waals surface area contributed by atoms with Crippen molar-refractivity contribution in [1.29, 1.82) is 0 Å². The SMILES string of the molecule is O=C(O)C(O)CC1CCCc2ccccc21. The Kier molecular flexibility index (Phi) is 3.25. The number of aryl methyl sites for hydroxylation is 1. The minimum absolute atomic E-state index is 0.191. The first-order valence-electron chi connectivity index (χ1n) is 5.67. The molecule has 3 heteroatoms. The average Bonchev–Trinajstić information content (AvgIpc) is 2.29. The van der Waals surface area contributed by atoms with E-state index in [1.54, 1.807) is 0 Å². The molecule has 1 aromatic rings. The van der Waals surface area contributed by atoms with Crippen LogP contribution in [0.1, 0.15) is 36.3 Å². The lowest BCUT2D eigenvalue weighted by Gasteiger charge is -2.26. The maximum atomic E-state index is 10.6. The molecule has 0 saturated carbocycles. The molecule has 0 radical (unpaired) electrons. The Bertz CT molecular complexity index is 387. The molecule has 86 valence electrons. The Hall–Kier alpha value is -1.35. The Morgan fingerprint density at radius 3 is 2.94 bits per heavy atom. The smallest absolute Gasteiger partial charge is 0.332 e. The zero-order chi connectivity index (χ0) is 11.5. The van der Waals surface area contributed by atoms with E-state index in [2.05, 4.69) is 6.07 Å². The summed E-state index contributed by atoms with van der Waals surface area (Å²) in [5.74, 6) is -0.931. The summed E-state index contributed by atoms with van der Waals surface area (Å²) in [6.07, 6.45) is 2.20. The number of carbonyl (C=O) groups is 1. The molecule has 0 aromatic heterocycles. The minimum atomic E-state index is -1.24. The first kappa shape index (κ1) is 11.1. The van der Waals surface area contributed by atoms with Crippen LogP contribution in [0.3, 0.4) is 0 Å². The van der Waals surface area contributed by atoms with Gasteiger partial charge in [-0.1, -0.05) is 24.3 Å². The van der Waals surface area contributed by atoms with Crippen LogP contribution in [0.2, 0.25) is 0 Å². The van der Waals surface area contributed by atoms with E-state index in [0.29, 0.717) is 6.42 Å². The van der Waals surface area contributed by atoms with Crippen molar-refractivity contribution in [3.8, 4) is 0 Å². The lowest BCUT2D eigenvalue weighted by Crippen LogP contribution is -2.24. The highest BCUT2D eigenvalue weighted by molar-refractivity contribution is 5.72. The number of hydrogen-bond acceptors (Lipinski definition) is 2. The van der Waals surface area contributed by atoms with E-state index >= 15 is 0 Å². The standard InChI is InChI=1S/C13H16O3/c14-12(13(15)16)8-10-6-3-5-9-4-1-2-7-11(9)10/h1-2,4,7,10,12,14H,3,5-6,8H2,(H,15,16). The molecule has 0 aliphatic heterocycles. The third-order valence-electron chi connectivity index (χ3n) is 3.29. The molecule has 0 bridgehead atoms. The Balaban J connectivity index is 2.16. The number of aliphatic hydroxyl groups is 1. The van der Waals surface area contributed by atoms with E-state index in [1.807, 2.05) is 18.2 Å². The molecule has 2 unspecified atom stereocenters. The first-order valence-corrected chi connectivity index (χ1v) is 5.67. The van der Waals surface area contributed by atoms with E-state index in [9.17, 15) is 9.90 Å². The van der Waals surface area contributed by atoms with Gasteiger partial charge in [-0.2, -0.15) is 0 Å². The summed E-state index contributed by atoms with van der Waals surface area (Å²) < 4.78 is 0. The minimum Gasteiger partial charge on any atom is -0.479 e. The normalized spacial score (nSPS) is 21.2. The summed E-state index contributed by atoms with van der Waals surface area (Å²) in [7, 11) is 0. The molecule has 0 heterocycles. The van der Waals surface area contributed by atoms with Crippen LogP contribution in [0.25, 0.3) is 0 Å². The maximum Gasteiger partial charge on any atom is 0.332 e. The molecule has 0 saturated heterocycles. The van der Waals surface area contributed by atoms with Crippen LogP contribution in [0.4, 0.5) is 0 Å². The van der Waals surface area contributed by atoms with Gasteiger partial charge in [-0.15, -0.1) is 0 Å². The quantitative estimate of drug-likeness (QED) is 0.818. The molecule has 0 fully saturated rings. The van der Waals surface area contributed by atoms with E-state index in [4.69, 9.17) is 5.11 Å². The fraction of sp³-hybridized carbons (Fsp3) is 0.462. The third kappa shape index (κ3) is 2.25. The molecule has 2 N–H and O–H groups in total. The molecule has 2 rings (SSSR count). The van der Waals surface area contributed by atoms with Gasteiger partial charge in [0.1, 0.15) is 0 Å². The second-order valence-electron chi connectivity index (χ2n) is 4.38. The van der Waals surface area contributed by atoms with Crippen molar-refractivity contribution in [3.63, 3.8) is 0 Å². The predicted molar refractivity (Wildman–Crippen MR) is 60.4 cm³/mol. The van der Waals surface area contributed by atoms with Crippen molar-refractivity contribution in [2.45, 2.75) is 37.7 Å². The molecule has 0 amide bonds. The highest BCUT2D eigenvalue weighted by atomic mass is 16.4. The van der Waals surface area contributed by atoms with Gasteiger partial charge < -0.3 is 10.2 Å². The molecule has 0 spiro atoms. The summed E-state index contributed by atoms with van der Waals surface area (Å²) >= 11 is 0. The number of carboxylic acid groups (broad SMARTS) is 1. The van der Waals surface area contributed by atoms with E-state index < -0.39 is 12.1 Å². The van der Waals surface area contributed by atoms with Crippen molar-refractivity contribution in [2.75, 3.05) is 0 Å². The second kappa shape index (κ2) is 4.66. The highest BCUT2D eigenvalue weighted by Gasteiger charge is 2.25. The van der Waals surface area contributed by atoms with Gasteiger partial charge in [-0.25, -0.2) is 4.79 Å². The monoisotopic (exact) mass is 220 g/mol. The summed E-state index contributed by atoms with van der Waals surface area (Å²) in [6, 6.07) is 8.13. The van der Waals surface area contributed by atoms with Gasteiger partial charge in [-0.3, -0.25) is 0 Å². The lowest BCUT2D eigenvalue weighted by molar-refractivity contribution is -0.147. The summed E-state index contributed by atoms with van der Waals surface area (Å²) in [6.45, 7) is 0. The van der Waals surface area contributed by atoms with Crippen LogP contribution in [-0.2, 0) is 11.2 Å². The average molecular weight is 220 g/mol. The van der Waals surface area contributed by atoms with Crippen molar-refractivity contribution in [1.82, 2.24) is 0 Å². The fourth-order valence-electron chi connectivity index (χ4n) is 2.47. The van der Waals surface area contributed by atoms with Gasteiger partial charge in [0.05, 0.1) is 0 Å². The molecule has 16 heavy (non-hydrogen) atoms. The van der Waals surface area contributed by atoms with Crippen LogP contribution in [0.5, 0.6) is 0 Å². The molecule has 1 aromatic carbocycles. The number of fused-ring (bicyclic) bond motifs is 1. The number of hydrogen-bond donors (Lipinski definition) is 2. The van der Waals surface area contributed by atoms with E-state index in [1.165, 1.54) is 11.1 Å². The Morgan fingerprint density at radius 2 is 2.19 bits per heavy atom. The van der Waals surface area contributed by atoms with Gasteiger partial charge in [-0.05, 0) is 42.7 Å². The molecule has 1 aliphatic rings. The molecule has 3 nitrogen and oxygen atoms in total. The summed E-state index contributed by atoms with van der Waals surface area (Å²) in [5, 5.41) is 18.1. The van der Waals surface area contributed by atoms with Crippen molar-refractivity contribution in [2.24, 2.45) is 0 Å². The van der Waals surface area contributed by atoms with Gasteiger partial charge in [0, 0.05) is 0 Å². The topological polar surface area (TPSA) is 57.5 Å². The summed E-state index contributed by atoms with van der Waals surface area (Å²) in [5.41, 5.74) is 2.52. The van der Waals surface area contributed by atoms with Crippen LogP contribution >= 0.6 is 0 Å².